The van der Waals surface area contributed by atoms with Crippen molar-refractivity contribution in [3.8, 4) is 0 Å². The zero-order valence-corrected chi connectivity index (χ0v) is 9.80. The lowest BCUT2D eigenvalue weighted by Gasteiger charge is -2.22. The first kappa shape index (κ1) is 12.5. The summed E-state index contributed by atoms with van der Waals surface area (Å²) in [5.74, 6) is 0.0306. The fourth-order valence-electron chi connectivity index (χ4n) is 2.09. The van der Waals surface area contributed by atoms with Crippen molar-refractivity contribution in [1.29, 1.82) is 0 Å². The predicted molar refractivity (Wildman–Crippen MR) is 62.5 cm³/mol. The van der Waals surface area contributed by atoms with Gasteiger partial charge in [0.1, 0.15) is 0 Å². The van der Waals surface area contributed by atoms with E-state index in [1.807, 2.05) is 6.92 Å². The molecule has 0 aromatic heterocycles. The fourth-order valence-corrected chi connectivity index (χ4v) is 2.09. The highest BCUT2D eigenvalue weighted by atomic mass is 16.2. The Bertz CT molecular complexity index is 186. The summed E-state index contributed by atoms with van der Waals surface area (Å²) in [6, 6.07) is 0.0471. The van der Waals surface area contributed by atoms with Gasteiger partial charge in [0, 0.05) is 6.04 Å². The van der Waals surface area contributed by atoms with E-state index >= 15 is 0 Å². The van der Waals surface area contributed by atoms with Crippen molar-refractivity contribution in [3.05, 3.63) is 0 Å². The number of hydrogen-bond acceptors (Lipinski definition) is 2. The number of nitrogens with one attached hydrogen (secondary N) is 1. The summed E-state index contributed by atoms with van der Waals surface area (Å²) in [6.07, 6.45) is 9.44. The van der Waals surface area contributed by atoms with Crippen molar-refractivity contribution in [2.24, 2.45) is 5.73 Å². The van der Waals surface area contributed by atoms with Crippen molar-refractivity contribution in [2.45, 2.75) is 70.4 Å². The zero-order chi connectivity index (χ0) is 11.1. The maximum Gasteiger partial charge on any atom is 0.237 e. The van der Waals surface area contributed by atoms with Gasteiger partial charge < -0.3 is 11.1 Å². The monoisotopic (exact) mass is 212 g/mol. The van der Waals surface area contributed by atoms with Crippen LogP contribution in [-0.4, -0.2) is 18.0 Å². The maximum atomic E-state index is 11.6. The molecule has 1 saturated carbocycles. The van der Waals surface area contributed by atoms with Crippen LogP contribution in [0.1, 0.15) is 58.3 Å². The molecule has 0 unspecified atom stereocenters. The smallest absolute Gasteiger partial charge is 0.237 e. The molecule has 0 spiro atoms. The third-order valence-electron chi connectivity index (χ3n) is 3.23. The van der Waals surface area contributed by atoms with Crippen LogP contribution in [-0.2, 0) is 4.79 Å². The Morgan fingerprint density at radius 3 is 2.33 bits per heavy atom. The van der Waals surface area contributed by atoms with E-state index in [9.17, 15) is 4.79 Å². The van der Waals surface area contributed by atoms with Gasteiger partial charge in [0.2, 0.25) is 5.91 Å². The topological polar surface area (TPSA) is 55.1 Å². The molecule has 0 aromatic carbocycles. The fraction of sp³-hybridized carbons (Fsp3) is 0.917. The molecule has 3 heteroatoms. The summed E-state index contributed by atoms with van der Waals surface area (Å²) in [7, 11) is 0. The average molecular weight is 212 g/mol. The van der Waals surface area contributed by atoms with E-state index in [-0.39, 0.29) is 11.9 Å². The molecule has 1 aliphatic rings. The molecule has 1 rings (SSSR count). The number of nitrogens with two attached hydrogens (primary N) is 1. The van der Waals surface area contributed by atoms with E-state index in [4.69, 9.17) is 5.73 Å². The van der Waals surface area contributed by atoms with Gasteiger partial charge in [-0.1, -0.05) is 39.0 Å². The molecule has 0 aromatic rings. The molecule has 0 heterocycles. The van der Waals surface area contributed by atoms with Crippen LogP contribution in [0, 0.1) is 0 Å². The minimum atomic E-state index is -0.324. The van der Waals surface area contributed by atoms with Crippen molar-refractivity contribution >= 4 is 5.91 Å². The molecular weight excluding hydrogens is 188 g/mol. The zero-order valence-electron chi connectivity index (χ0n) is 9.80. The molecule has 15 heavy (non-hydrogen) atoms. The Balaban J connectivity index is 2.31. The molecule has 3 N–H and O–H groups in total. The van der Waals surface area contributed by atoms with E-state index in [2.05, 4.69) is 5.32 Å². The average Bonchev–Trinajstić information content (AvgIpc) is 2.20. The Morgan fingerprint density at radius 1 is 1.27 bits per heavy atom. The third kappa shape index (κ3) is 4.65. The van der Waals surface area contributed by atoms with Crippen LogP contribution >= 0.6 is 0 Å². The molecule has 3 nitrogen and oxygen atoms in total. The second kappa shape index (κ2) is 6.83. The maximum absolute atomic E-state index is 11.6. The predicted octanol–water partition coefficient (Wildman–Crippen LogP) is 1.95. The summed E-state index contributed by atoms with van der Waals surface area (Å²) >= 11 is 0. The lowest BCUT2D eigenvalue weighted by atomic mass is 9.96. The van der Waals surface area contributed by atoms with Crippen molar-refractivity contribution in [1.82, 2.24) is 5.32 Å². The van der Waals surface area contributed by atoms with E-state index in [0.717, 1.165) is 19.3 Å². The van der Waals surface area contributed by atoms with Crippen molar-refractivity contribution in [3.63, 3.8) is 0 Å². The Morgan fingerprint density at radius 2 is 1.80 bits per heavy atom. The van der Waals surface area contributed by atoms with Gasteiger partial charge in [-0.05, 0) is 19.3 Å². The first-order valence-electron chi connectivity index (χ1n) is 6.30. The molecule has 1 aliphatic carbocycles. The van der Waals surface area contributed by atoms with Crippen LogP contribution in [0.25, 0.3) is 0 Å². The van der Waals surface area contributed by atoms with Gasteiger partial charge in [-0.2, -0.15) is 0 Å². The summed E-state index contributed by atoms with van der Waals surface area (Å²) in [6.45, 7) is 1.95. The van der Waals surface area contributed by atoms with Gasteiger partial charge in [0.15, 0.2) is 0 Å². The van der Waals surface area contributed by atoms with E-state index in [1.54, 1.807) is 0 Å². The van der Waals surface area contributed by atoms with Gasteiger partial charge in [0.25, 0.3) is 0 Å². The van der Waals surface area contributed by atoms with E-state index in [1.165, 1.54) is 32.1 Å². The van der Waals surface area contributed by atoms with E-state index < -0.39 is 0 Å². The SMILES string of the molecule is CC[C@@H](N)C(=O)NC1CCCCCCC1. The summed E-state index contributed by atoms with van der Waals surface area (Å²) < 4.78 is 0. The van der Waals surface area contributed by atoms with Crippen LogP contribution in [0.4, 0.5) is 0 Å². The molecule has 88 valence electrons. The van der Waals surface area contributed by atoms with Crippen LogP contribution in [0.15, 0.2) is 0 Å². The standard InChI is InChI=1S/C12H24N2O/c1-2-11(13)12(15)14-10-8-6-4-3-5-7-9-10/h10-11H,2-9,13H2,1H3,(H,14,15)/t11-/m1/s1. The molecule has 0 aliphatic heterocycles. The largest absolute Gasteiger partial charge is 0.352 e. The van der Waals surface area contributed by atoms with Crippen LogP contribution < -0.4 is 11.1 Å². The van der Waals surface area contributed by atoms with Gasteiger partial charge in [-0.3, -0.25) is 4.79 Å². The second-order valence-corrected chi connectivity index (χ2v) is 4.57. The van der Waals surface area contributed by atoms with Crippen LogP contribution in [0.5, 0.6) is 0 Å². The molecule has 1 fully saturated rings. The van der Waals surface area contributed by atoms with Crippen molar-refractivity contribution < 1.29 is 4.79 Å². The first-order valence-corrected chi connectivity index (χ1v) is 6.30. The third-order valence-corrected chi connectivity index (χ3v) is 3.23. The molecule has 0 saturated heterocycles. The minimum absolute atomic E-state index is 0.0306. The highest BCUT2D eigenvalue weighted by Gasteiger charge is 2.17. The van der Waals surface area contributed by atoms with Gasteiger partial charge in [0.05, 0.1) is 6.04 Å². The minimum Gasteiger partial charge on any atom is -0.352 e. The molecule has 0 bridgehead atoms. The lowest BCUT2D eigenvalue weighted by molar-refractivity contribution is -0.123. The van der Waals surface area contributed by atoms with Gasteiger partial charge in [-0.15, -0.1) is 0 Å². The highest BCUT2D eigenvalue weighted by Crippen LogP contribution is 2.17. The molecule has 1 atom stereocenters. The number of rotatable bonds is 3. The summed E-state index contributed by atoms with van der Waals surface area (Å²) in [4.78, 5) is 11.6. The van der Waals surface area contributed by atoms with Crippen molar-refractivity contribution in [2.75, 3.05) is 0 Å². The highest BCUT2D eigenvalue weighted by molar-refractivity contribution is 5.81. The van der Waals surface area contributed by atoms with Gasteiger partial charge in [-0.25, -0.2) is 0 Å². The van der Waals surface area contributed by atoms with Gasteiger partial charge >= 0.3 is 0 Å². The van der Waals surface area contributed by atoms with E-state index in [0.29, 0.717) is 6.04 Å². The lowest BCUT2D eigenvalue weighted by Crippen LogP contribution is -2.45. The molecular formula is C12H24N2O. The summed E-state index contributed by atoms with van der Waals surface area (Å²) in [5, 5.41) is 3.07. The Kier molecular flexibility index (Phi) is 5.69. The Labute approximate surface area is 92.8 Å². The normalized spacial score (nSPS) is 21.5. The summed E-state index contributed by atoms with van der Waals surface area (Å²) in [5.41, 5.74) is 5.69. The molecule has 0 radical (unpaired) electrons. The number of carbonyl (C=O) groups excluding carboxylic acids is 1. The van der Waals surface area contributed by atoms with Crippen LogP contribution in [0.2, 0.25) is 0 Å². The quantitative estimate of drug-likeness (QED) is 0.751. The second-order valence-electron chi connectivity index (χ2n) is 4.57. The Hall–Kier alpha value is -0.570. The number of carbonyl (C=O) groups is 1. The first-order chi connectivity index (χ1) is 7.24. The number of hydrogen-bond donors (Lipinski definition) is 2. The molecule has 1 amide bonds. The number of amides is 1. The van der Waals surface area contributed by atoms with Crippen LogP contribution in [0.3, 0.4) is 0 Å².